The summed E-state index contributed by atoms with van der Waals surface area (Å²) >= 11 is 0. The predicted octanol–water partition coefficient (Wildman–Crippen LogP) is 3.71. The molecule has 0 saturated heterocycles. The van der Waals surface area contributed by atoms with Gasteiger partial charge in [0.1, 0.15) is 11.6 Å². The van der Waals surface area contributed by atoms with E-state index in [1.54, 1.807) is 18.2 Å². The van der Waals surface area contributed by atoms with E-state index in [2.05, 4.69) is 0 Å². The average Bonchev–Trinajstić information content (AvgIpc) is 2.37. The molecule has 2 aromatic carbocycles. The van der Waals surface area contributed by atoms with Crippen LogP contribution in [0, 0.1) is 17.5 Å². The van der Waals surface area contributed by atoms with Crippen LogP contribution in [0.2, 0.25) is 0 Å². The van der Waals surface area contributed by atoms with Crippen molar-refractivity contribution >= 4 is 11.8 Å². The fourth-order valence-electron chi connectivity index (χ4n) is 1.35. The molecule has 0 aliphatic rings. The lowest BCUT2D eigenvalue weighted by Gasteiger charge is -2.07. The molecular formula is C13H8F3NO2. The Bertz CT molecular complexity index is 602. The van der Waals surface area contributed by atoms with Crippen molar-refractivity contribution in [3.63, 3.8) is 0 Å². The first-order valence-corrected chi connectivity index (χ1v) is 5.24. The van der Waals surface area contributed by atoms with Crippen LogP contribution in [0.5, 0.6) is 5.75 Å². The zero-order valence-corrected chi connectivity index (χ0v) is 9.49. The van der Waals surface area contributed by atoms with Gasteiger partial charge in [-0.05, 0) is 12.1 Å². The van der Waals surface area contributed by atoms with E-state index in [0.29, 0.717) is 12.1 Å². The molecule has 1 amide bonds. The number of halogens is 3. The molecule has 0 bridgehead atoms. The minimum Gasteiger partial charge on any atom is -0.410 e. The largest absolute Gasteiger partial charge is 0.417 e. The third-order valence-corrected chi connectivity index (χ3v) is 2.20. The van der Waals surface area contributed by atoms with Crippen LogP contribution in [0.15, 0.2) is 42.5 Å². The number of hydrogen-bond acceptors (Lipinski definition) is 2. The number of amides is 1. The lowest BCUT2D eigenvalue weighted by atomic mass is 10.3. The summed E-state index contributed by atoms with van der Waals surface area (Å²) in [5, 5.41) is 1.98. The van der Waals surface area contributed by atoms with Crippen LogP contribution in [0.25, 0.3) is 0 Å². The van der Waals surface area contributed by atoms with Crippen molar-refractivity contribution in [1.82, 2.24) is 0 Å². The van der Waals surface area contributed by atoms with Crippen LogP contribution in [0.3, 0.4) is 0 Å². The third kappa shape index (κ3) is 3.25. The fraction of sp³-hybridized carbons (Fsp3) is 0. The first-order chi connectivity index (χ1) is 9.06. The number of carbonyl (C=O) groups is 1. The molecule has 0 saturated carbocycles. The van der Waals surface area contributed by atoms with Crippen LogP contribution < -0.4 is 10.1 Å². The smallest absolute Gasteiger partial charge is 0.410 e. The molecule has 1 N–H and O–H groups in total. The van der Waals surface area contributed by atoms with Gasteiger partial charge in [0.15, 0.2) is 11.6 Å². The Morgan fingerprint density at radius 2 is 1.58 bits per heavy atom. The molecule has 3 nitrogen and oxygen atoms in total. The van der Waals surface area contributed by atoms with Crippen molar-refractivity contribution in [3.05, 3.63) is 59.9 Å². The Kier molecular flexibility index (Phi) is 3.70. The number of carbonyl (C=O) groups excluding carboxylic acids is 1. The Balaban J connectivity index is 2.09. The number of ether oxygens (including phenoxy) is 1. The summed E-state index contributed by atoms with van der Waals surface area (Å²) in [4.78, 5) is 11.4. The summed E-state index contributed by atoms with van der Waals surface area (Å²) < 4.78 is 43.7. The highest BCUT2D eigenvalue weighted by atomic mass is 19.2. The van der Waals surface area contributed by atoms with Gasteiger partial charge in [0, 0.05) is 12.1 Å². The van der Waals surface area contributed by atoms with E-state index in [4.69, 9.17) is 4.74 Å². The minimum absolute atomic E-state index is 0.239. The zero-order chi connectivity index (χ0) is 13.8. The maximum absolute atomic E-state index is 13.3. The second-order valence-electron chi connectivity index (χ2n) is 3.57. The van der Waals surface area contributed by atoms with Crippen LogP contribution in [-0.2, 0) is 0 Å². The maximum atomic E-state index is 13.3. The molecule has 0 spiro atoms. The molecule has 0 heterocycles. The second-order valence-corrected chi connectivity index (χ2v) is 3.57. The van der Waals surface area contributed by atoms with Crippen molar-refractivity contribution in [2.24, 2.45) is 0 Å². The van der Waals surface area contributed by atoms with Gasteiger partial charge in [-0.25, -0.2) is 18.0 Å². The van der Waals surface area contributed by atoms with Crippen molar-refractivity contribution in [2.45, 2.75) is 0 Å². The lowest BCUT2D eigenvalue weighted by molar-refractivity contribution is 0.215. The van der Waals surface area contributed by atoms with Crippen LogP contribution >= 0.6 is 0 Å². The summed E-state index contributed by atoms with van der Waals surface area (Å²) in [5.41, 5.74) is -0.500. The van der Waals surface area contributed by atoms with Crippen molar-refractivity contribution in [2.75, 3.05) is 5.32 Å². The van der Waals surface area contributed by atoms with Gasteiger partial charge in [0.05, 0.1) is 5.69 Å². The predicted molar refractivity (Wildman–Crippen MR) is 62.4 cm³/mol. The number of para-hydroxylation sites is 1. The standard InChI is InChI=1S/C13H8F3NO2/c14-9-6-11(16)12(7-10(9)15)17-13(18)19-8-4-2-1-3-5-8/h1-7H,(H,17,18). The normalized spacial score (nSPS) is 10.1. The summed E-state index contributed by atoms with van der Waals surface area (Å²) in [6, 6.07) is 8.91. The van der Waals surface area contributed by atoms with Crippen molar-refractivity contribution < 1.29 is 22.7 Å². The molecule has 0 radical (unpaired) electrons. The molecule has 0 atom stereocenters. The molecular weight excluding hydrogens is 259 g/mol. The SMILES string of the molecule is O=C(Nc1cc(F)c(F)cc1F)Oc1ccccc1. The number of hydrogen-bond donors (Lipinski definition) is 1. The van der Waals surface area contributed by atoms with Crippen LogP contribution in [-0.4, -0.2) is 6.09 Å². The lowest BCUT2D eigenvalue weighted by Crippen LogP contribution is -2.17. The van der Waals surface area contributed by atoms with Gasteiger partial charge >= 0.3 is 6.09 Å². The van der Waals surface area contributed by atoms with Crippen molar-refractivity contribution in [3.8, 4) is 5.75 Å². The molecule has 0 aliphatic heterocycles. The van der Waals surface area contributed by atoms with Crippen LogP contribution in [0.4, 0.5) is 23.7 Å². The monoisotopic (exact) mass is 267 g/mol. The quantitative estimate of drug-likeness (QED) is 0.842. The van der Waals surface area contributed by atoms with E-state index < -0.39 is 29.2 Å². The van der Waals surface area contributed by atoms with Gasteiger partial charge in [0.2, 0.25) is 0 Å². The topological polar surface area (TPSA) is 38.3 Å². The Hall–Kier alpha value is -2.50. The van der Waals surface area contributed by atoms with Gasteiger partial charge in [-0.15, -0.1) is 0 Å². The number of benzene rings is 2. The minimum atomic E-state index is -1.33. The van der Waals surface area contributed by atoms with E-state index in [1.807, 2.05) is 5.32 Å². The van der Waals surface area contributed by atoms with Gasteiger partial charge < -0.3 is 4.74 Å². The average molecular weight is 267 g/mol. The van der Waals surface area contributed by atoms with E-state index in [9.17, 15) is 18.0 Å². The molecule has 2 rings (SSSR count). The maximum Gasteiger partial charge on any atom is 0.417 e. The highest BCUT2D eigenvalue weighted by Crippen LogP contribution is 2.19. The van der Waals surface area contributed by atoms with Gasteiger partial charge in [-0.2, -0.15) is 0 Å². The van der Waals surface area contributed by atoms with E-state index in [-0.39, 0.29) is 5.75 Å². The highest BCUT2D eigenvalue weighted by molar-refractivity contribution is 5.86. The number of nitrogens with one attached hydrogen (secondary N) is 1. The van der Waals surface area contributed by atoms with E-state index in [0.717, 1.165) is 0 Å². The van der Waals surface area contributed by atoms with Gasteiger partial charge in [0.25, 0.3) is 0 Å². The summed E-state index contributed by atoms with van der Waals surface area (Å²) in [6.07, 6.45) is -1.00. The Morgan fingerprint density at radius 1 is 0.947 bits per heavy atom. The Morgan fingerprint density at radius 3 is 2.26 bits per heavy atom. The highest BCUT2D eigenvalue weighted by Gasteiger charge is 2.13. The molecule has 2 aromatic rings. The zero-order valence-electron chi connectivity index (χ0n) is 9.49. The summed E-state index contributed by atoms with van der Waals surface area (Å²) in [5.74, 6) is -3.46. The molecule has 6 heteroatoms. The molecule has 98 valence electrons. The van der Waals surface area contributed by atoms with Crippen molar-refractivity contribution in [1.29, 1.82) is 0 Å². The number of rotatable bonds is 2. The summed E-state index contributed by atoms with van der Waals surface area (Å²) in [7, 11) is 0. The molecule has 0 aromatic heterocycles. The van der Waals surface area contributed by atoms with E-state index >= 15 is 0 Å². The van der Waals surface area contributed by atoms with Gasteiger partial charge in [-0.3, -0.25) is 5.32 Å². The second kappa shape index (κ2) is 5.43. The Labute approximate surface area is 106 Å². The summed E-state index contributed by atoms with van der Waals surface area (Å²) in [6.45, 7) is 0. The first kappa shape index (κ1) is 12.9. The third-order valence-electron chi connectivity index (χ3n) is 2.20. The molecule has 0 fully saturated rings. The molecule has 0 unspecified atom stereocenters. The fourth-order valence-corrected chi connectivity index (χ4v) is 1.35. The van der Waals surface area contributed by atoms with E-state index in [1.165, 1.54) is 12.1 Å². The van der Waals surface area contributed by atoms with Crippen LogP contribution in [0.1, 0.15) is 0 Å². The molecule has 0 aliphatic carbocycles. The van der Waals surface area contributed by atoms with Gasteiger partial charge in [-0.1, -0.05) is 18.2 Å². The first-order valence-electron chi connectivity index (χ1n) is 5.24. The molecule has 19 heavy (non-hydrogen) atoms. The number of anilines is 1.